The Morgan fingerprint density at radius 3 is 2.77 bits per heavy atom. The van der Waals surface area contributed by atoms with E-state index in [1.165, 1.54) is 0 Å². The summed E-state index contributed by atoms with van der Waals surface area (Å²) in [6, 6.07) is 13.2. The first kappa shape index (κ1) is 26.7. The topological polar surface area (TPSA) is 93.4 Å². The van der Waals surface area contributed by atoms with Gasteiger partial charge in [0.05, 0.1) is 17.1 Å². The molecule has 3 heterocycles. The molecule has 4 aromatic rings. The van der Waals surface area contributed by atoms with Gasteiger partial charge in [0, 0.05) is 38.3 Å². The average molecular weight is 532 g/mol. The Morgan fingerprint density at radius 2 is 2.03 bits per heavy atom. The van der Waals surface area contributed by atoms with Crippen molar-refractivity contribution in [2.75, 3.05) is 6.54 Å². The predicted octanol–water partition coefficient (Wildman–Crippen LogP) is 5.32. The van der Waals surface area contributed by atoms with E-state index in [-0.39, 0.29) is 5.52 Å². The highest BCUT2D eigenvalue weighted by Crippen LogP contribution is 2.37. The summed E-state index contributed by atoms with van der Waals surface area (Å²) in [7, 11) is 0. The molecule has 0 radical (unpaired) electrons. The number of ether oxygens (including phenoxy) is 1. The molecule has 0 unspecified atom stereocenters. The van der Waals surface area contributed by atoms with Crippen LogP contribution in [0.25, 0.3) is 11.0 Å². The number of hydrogen-bond donors (Lipinski definition) is 1. The number of aliphatic carboxylic acids is 1. The molecule has 0 saturated heterocycles. The van der Waals surface area contributed by atoms with Crippen molar-refractivity contribution in [2.45, 2.75) is 65.8 Å². The van der Waals surface area contributed by atoms with Crippen LogP contribution in [0.2, 0.25) is 0 Å². The zero-order valence-electron chi connectivity index (χ0n) is 23.0. The number of benzene rings is 2. The van der Waals surface area contributed by atoms with Crippen molar-refractivity contribution in [3.05, 3.63) is 82.4 Å². The van der Waals surface area contributed by atoms with Crippen LogP contribution >= 0.6 is 0 Å². The van der Waals surface area contributed by atoms with Crippen LogP contribution in [-0.2, 0) is 24.4 Å². The van der Waals surface area contributed by atoms with E-state index in [1.54, 1.807) is 29.9 Å². The lowest BCUT2D eigenvalue weighted by Gasteiger charge is -2.30. The molecule has 0 saturated carbocycles. The maximum absolute atomic E-state index is 15.9. The second kappa shape index (κ2) is 10.4. The Balaban J connectivity index is 1.54. The van der Waals surface area contributed by atoms with Crippen molar-refractivity contribution in [3.8, 4) is 5.75 Å². The molecular formula is C30H34FN5O3. The first-order chi connectivity index (χ1) is 18.6. The maximum Gasteiger partial charge on any atom is 0.307 e. The smallest absolute Gasteiger partial charge is 0.307 e. The Morgan fingerprint density at radius 1 is 1.23 bits per heavy atom. The molecule has 1 N–H and O–H groups in total. The minimum absolute atomic E-state index is 0.155. The molecule has 2 atom stereocenters. The Hall–Kier alpha value is -3.85. The molecule has 0 spiro atoms. The summed E-state index contributed by atoms with van der Waals surface area (Å²) in [6.45, 7) is 12.2. The van der Waals surface area contributed by atoms with Crippen molar-refractivity contribution >= 4 is 17.0 Å². The molecule has 39 heavy (non-hydrogen) atoms. The quantitative estimate of drug-likeness (QED) is 0.345. The van der Waals surface area contributed by atoms with Gasteiger partial charge in [0.2, 0.25) is 0 Å². The van der Waals surface area contributed by atoms with Crippen LogP contribution in [0.3, 0.4) is 0 Å². The number of carboxylic acids is 1. The number of halogens is 1. The summed E-state index contributed by atoms with van der Waals surface area (Å²) in [5.74, 6) is -2.30. The number of fused-ring (bicyclic) bond motifs is 2. The Bertz CT molecular complexity index is 1530. The number of hydrogen-bond acceptors (Lipinski definition) is 6. The second-order valence-corrected chi connectivity index (χ2v) is 11.0. The van der Waals surface area contributed by atoms with Crippen LogP contribution in [0, 0.1) is 18.7 Å². The summed E-state index contributed by atoms with van der Waals surface area (Å²) in [5, 5.41) is 18.1. The van der Waals surface area contributed by atoms with Gasteiger partial charge in [0.25, 0.3) is 0 Å². The lowest BCUT2D eigenvalue weighted by Crippen LogP contribution is -2.40. The lowest BCUT2D eigenvalue weighted by molar-refractivity contribution is -0.141. The molecule has 0 bridgehead atoms. The van der Waals surface area contributed by atoms with E-state index in [4.69, 9.17) is 4.74 Å². The minimum Gasteiger partial charge on any atom is -0.485 e. The van der Waals surface area contributed by atoms with Gasteiger partial charge in [-0.05, 0) is 68.1 Å². The summed E-state index contributed by atoms with van der Waals surface area (Å²) >= 11 is 0. The van der Waals surface area contributed by atoms with Crippen LogP contribution in [0.15, 0.2) is 48.7 Å². The molecule has 2 aromatic carbocycles. The van der Waals surface area contributed by atoms with Crippen molar-refractivity contribution in [1.82, 2.24) is 24.9 Å². The van der Waals surface area contributed by atoms with Crippen molar-refractivity contribution in [2.24, 2.45) is 5.92 Å². The second-order valence-electron chi connectivity index (χ2n) is 11.0. The number of pyridine rings is 1. The summed E-state index contributed by atoms with van der Waals surface area (Å²) < 4.78 is 23.7. The molecule has 1 aliphatic heterocycles. The fraction of sp³-hybridized carbons (Fsp3) is 0.400. The highest BCUT2D eigenvalue weighted by atomic mass is 19.1. The number of rotatable bonds is 7. The van der Waals surface area contributed by atoms with E-state index in [2.05, 4.69) is 34.0 Å². The fourth-order valence-corrected chi connectivity index (χ4v) is 5.55. The standard InChI is InChI=1S/C30H34FN5O3/c1-6-36-24-12-11-22(27(31)28(24)33-34-36)26(19(3)29(37)38)20-10-9-18(2)21(14-20)15-35-16-23-25(8-7-13-32-23)39-30(4,5)17-35/h7-14,19,26H,6,15-17H2,1-5H3,(H,37,38)/t19-,26+/m1/s1. The van der Waals surface area contributed by atoms with E-state index >= 15 is 4.39 Å². The van der Waals surface area contributed by atoms with Gasteiger partial charge in [-0.3, -0.25) is 14.7 Å². The first-order valence-electron chi connectivity index (χ1n) is 13.3. The van der Waals surface area contributed by atoms with Gasteiger partial charge in [-0.2, -0.15) is 0 Å². The van der Waals surface area contributed by atoms with Crippen LogP contribution in [-0.4, -0.2) is 48.1 Å². The fourth-order valence-electron chi connectivity index (χ4n) is 5.55. The number of aryl methyl sites for hydroxylation is 2. The zero-order chi connectivity index (χ0) is 27.9. The molecule has 5 rings (SSSR count). The van der Waals surface area contributed by atoms with Crippen LogP contribution < -0.4 is 4.74 Å². The lowest BCUT2D eigenvalue weighted by atomic mass is 9.80. The van der Waals surface area contributed by atoms with E-state index in [9.17, 15) is 9.90 Å². The molecular weight excluding hydrogens is 497 g/mol. The zero-order valence-corrected chi connectivity index (χ0v) is 23.0. The van der Waals surface area contributed by atoms with Gasteiger partial charge in [0.1, 0.15) is 16.9 Å². The van der Waals surface area contributed by atoms with Crippen LogP contribution in [0.4, 0.5) is 4.39 Å². The normalized spacial score (nSPS) is 16.8. The predicted molar refractivity (Wildman–Crippen MR) is 146 cm³/mol. The third-order valence-corrected chi connectivity index (χ3v) is 7.52. The molecule has 0 aliphatic carbocycles. The van der Waals surface area contributed by atoms with Gasteiger partial charge < -0.3 is 9.84 Å². The summed E-state index contributed by atoms with van der Waals surface area (Å²) in [4.78, 5) is 19.1. The van der Waals surface area contributed by atoms with Gasteiger partial charge in [-0.25, -0.2) is 9.07 Å². The highest BCUT2D eigenvalue weighted by molar-refractivity contribution is 5.78. The number of carbonyl (C=O) groups is 1. The monoisotopic (exact) mass is 531 g/mol. The Kier molecular flexibility index (Phi) is 7.11. The number of aromatic nitrogens is 4. The number of nitrogens with zero attached hydrogens (tertiary/aromatic N) is 5. The van der Waals surface area contributed by atoms with E-state index in [1.807, 2.05) is 44.2 Å². The molecule has 8 nitrogen and oxygen atoms in total. The maximum atomic E-state index is 15.9. The molecule has 2 aromatic heterocycles. The van der Waals surface area contributed by atoms with Crippen molar-refractivity contribution in [1.29, 1.82) is 0 Å². The van der Waals surface area contributed by atoms with Gasteiger partial charge in [-0.15, -0.1) is 5.10 Å². The van der Waals surface area contributed by atoms with E-state index in [0.29, 0.717) is 37.3 Å². The minimum atomic E-state index is -0.993. The first-order valence-corrected chi connectivity index (χ1v) is 13.3. The van der Waals surface area contributed by atoms with Crippen molar-refractivity contribution in [3.63, 3.8) is 0 Å². The summed E-state index contributed by atoms with van der Waals surface area (Å²) in [6.07, 6.45) is 1.77. The molecule has 1 aliphatic rings. The molecule has 9 heteroatoms. The van der Waals surface area contributed by atoms with Crippen LogP contribution in [0.1, 0.15) is 61.6 Å². The third kappa shape index (κ3) is 5.23. The SMILES string of the molecule is CCn1nnc2c(F)c([C@H](c3ccc(C)c(CN4Cc5ncccc5OC(C)(C)C4)c3)[C@@H](C)C(=O)O)ccc21. The van der Waals surface area contributed by atoms with Crippen LogP contribution in [0.5, 0.6) is 5.75 Å². The third-order valence-electron chi connectivity index (χ3n) is 7.52. The molecule has 0 fully saturated rings. The van der Waals surface area contributed by atoms with Crippen molar-refractivity contribution < 1.29 is 19.0 Å². The molecule has 204 valence electrons. The highest BCUT2D eigenvalue weighted by Gasteiger charge is 2.32. The van der Waals surface area contributed by atoms with Gasteiger partial charge in [-0.1, -0.05) is 36.4 Å². The average Bonchev–Trinajstić information content (AvgIpc) is 3.26. The summed E-state index contributed by atoms with van der Waals surface area (Å²) in [5.41, 5.74) is 4.37. The Labute approximate surface area is 227 Å². The van der Waals surface area contributed by atoms with E-state index in [0.717, 1.165) is 28.1 Å². The number of carboxylic acid groups (broad SMARTS) is 1. The molecule has 0 amide bonds. The van der Waals surface area contributed by atoms with E-state index < -0.39 is 29.2 Å². The van der Waals surface area contributed by atoms with Gasteiger partial charge in [0.15, 0.2) is 5.82 Å². The van der Waals surface area contributed by atoms with Gasteiger partial charge >= 0.3 is 5.97 Å². The largest absolute Gasteiger partial charge is 0.485 e.